The number of benzene rings is 2. The lowest BCUT2D eigenvalue weighted by atomic mass is 10.0. The number of nitrogens with one attached hydrogen (secondary N) is 2. The predicted octanol–water partition coefficient (Wildman–Crippen LogP) is 4.99. The first-order chi connectivity index (χ1) is 21.6. The largest absolute Gasteiger partial charge is 0.494 e. The maximum atomic E-state index is 13.2. The number of amides is 4. The standard InChI is InChI=1S/C31H30F3N7O4/c1-45-24-7-6-21-18-41(38-27(21)28(24)37-29(43)20-3-2-4-22(15-20)31(32,33)34)23-9-12-39(13-10-23)17-19-5-8-25(35-16-19)40-14-11-26(42)36-30(40)44/h2-8,15-16,18,23H,9-14,17H2,1H3,(H,37,43)(H,36,42,44). The number of piperidine rings is 1. The van der Waals surface area contributed by atoms with Gasteiger partial charge in [-0.1, -0.05) is 12.1 Å². The third-order valence-electron chi connectivity index (χ3n) is 8.05. The Labute approximate surface area is 256 Å². The number of urea groups is 1. The Morgan fingerprint density at radius 3 is 2.58 bits per heavy atom. The highest BCUT2D eigenvalue weighted by Gasteiger charge is 2.31. The minimum atomic E-state index is -4.57. The number of hydrogen-bond acceptors (Lipinski definition) is 7. The quantitative estimate of drug-likeness (QED) is 0.298. The maximum Gasteiger partial charge on any atom is 0.416 e. The van der Waals surface area contributed by atoms with Gasteiger partial charge >= 0.3 is 12.2 Å². The van der Waals surface area contributed by atoms with Gasteiger partial charge in [-0.15, -0.1) is 0 Å². The summed E-state index contributed by atoms with van der Waals surface area (Å²) in [6.07, 6.45) is 0.962. The van der Waals surface area contributed by atoms with Crippen LogP contribution in [-0.2, 0) is 17.5 Å². The van der Waals surface area contributed by atoms with E-state index in [1.807, 2.05) is 23.0 Å². The molecule has 4 aromatic rings. The molecule has 14 heteroatoms. The van der Waals surface area contributed by atoms with Crippen LogP contribution in [0.3, 0.4) is 0 Å². The number of halogens is 3. The van der Waals surface area contributed by atoms with Crippen molar-refractivity contribution in [2.45, 2.75) is 38.0 Å². The number of anilines is 2. The van der Waals surface area contributed by atoms with Gasteiger partial charge in [-0.2, -0.15) is 18.3 Å². The summed E-state index contributed by atoms with van der Waals surface area (Å²) < 4.78 is 47.0. The molecule has 4 amide bonds. The molecule has 2 fully saturated rings. The Morgan fingerprint density at radius 2 is 1.89 bits per heavy atom. The highest BCUT2D eigenvalue weighted by Crippen LogP contribution is 2.35. The molecular weight excluding hydrogens is 591 g/mol. The highest BCUT2D eigenvalue weighted by atomic mass is 19.4. The molecule has 6 rings (SSSR count). The number of carbonyl (C=O) groups is 3. The number of hydrogen-bond donors (Lipinski definition) is 2. The minimum absolute atomic E-state index is 0.104. The molecule has 2 saturated heterocycles. The van der Waals surface area contributed by atoms with Crippen LogP contribution in [0, 0.1) is 0 Å². The molecule has 0 atom stereocenters. The molecule has 4 heterocycles. The highest BCUT2D eigenvalue weighted by molar-refractivity contribution is 6.10. The van der Waals surface area contributed by atoms with Crippen LogP contribution in [0.4, 0.5) is 29.5 Å². The molecule has 2 aromatic carbocycles. The minimum Gasteiger partial charge on any atom is -0.494 e. The van der Waals surface area contributed by atoms with E-state index in [0.29, 0.717) is 30.2 Å². The Hall–Kier alpha value is -4.98. The first kappa shape index (κ1) is 30.1. The van der Waals surface area contributed by atoms with Gasteiger partial charge in [-0.05, 0) is 54.8 Å². The number of pyridine rings is 1. The zero-order chi connectivity index (χ0) is 31.7. The molecule has 0 unspecified atom stereocenters. The summed E-state index contributed by atoms with van der Waals surface area (Å²) in [5, 5.41) is 10.6. The van der Waals surface area contributed by atoms with E-state index in [1.165, 1.54) is 24.1 Å². The lowest BCUT2D eigenvalue weighted by molar-refractivity contribution is -0.137. The smallest absolute Gasteiger partial charge is 0.416 e. The van der Waals surface area contributed by atoms with E-state index in [4.69, 9.17) is 9.84 Å². The average molecular weight is 622 g/mol. The Kier molecular flexibility index (Phi) is 8.14. The average Bonchev–Trinajstić information content (AvgIpc) is 3.47. The van der Waals surface area contributed by atoms with Crippen molar-refractivity contribution < 1.29 is 32.3 Å². The monoisotopic (exact) mass is 621 g/mol. The molecule has 234 valence electrons. The number of carbonyl (C=O) groups excluding carboxylic acids is 3. The van der Waals surface area contributed by atoms with Crippen LogP contribution in [0.1, 0.15) is 46.8 Å². The van der Waals surface area contributed by atoms with Gasteiger partial charge in [0.05, 0.1) is 18.7 Å². The lowest BCUT2D eigenvalue weighted by Crippen LogP contribution is -2.49. The van der Waals surface area contributed by atoms with Gasteiger partial charge in [0, 0.05) is 55.9 Å². The Morgan fingerprint density at radius 1 is 1.09 bits per heavy atom. The summed E-state index contributed by atoms with van der Waals surface area (Å²) in [5.74, 6) is -0.154. The fourth-order valence-corrected chi connectivity index (χ4v) is 5.64. The molecule has 2 N–H and O–H groups in total. The second-order valence-electron chi connectivity index (χ2n) is 11.0. The van der Waals surface area contributed by atoms with Crippen LogP contribution in [0.2, 0.25) is 0 Å². The first-order valence-corrected chi connectivity index (χ1v) is 14.4. The first-order valence-electron chi connectivity index (χ1n) is 14.4. The van der Waals surface area contributed by atoms with Gasteiger partial charge in [-0.25, -0.2) is 9.78 Å². The van der Waals surface area contributed by atoms with Gasteiger partial charge < -0.3 is 10.1 Å². The predicted molar refractivity (Wildman–Crippen MR) is 159 cm³/mol. The van der Waals surface area contributed by atoms with Crippen LogP contribution in [0.5, 0.6) is 5.75 Å². The van der Waals surface area contributed by atoms with E-state index in [0.717, 1.165) is 49.0 Å². The van der Waals surface area contributed by atoms with E-state index in [9.17, 15) is 27.6 Å². The van der Waals surface area contributed by atoms with Crippen molar-refractivity contribution in [1.82, 2.24) is 25.0 Å². The number of nitrogens with zero attached hydrogens (tertiary/aromatic N) is 5. The van der Waals surface area contributed by atoms with Crippen molar-refractivity contribution in [3.8, 4) is 5.75 Å². The molecule has 0 bridgehead atoms. The summed E-state index contributed by atoms with van der Waals surface area (Å²) >= 11 is 0. The number of alkyl halides is 3. The van der Waals surface area contributed by atoms with Crippen LogP contribution in [-0.4, -0.2) is 64.3 Å². The van der Waals surface area contributed by atoms with Crippen LogP contribution >= 0.6 is 0 Å². The van der Waals surface area contributed by atoms with E-state index in [-0.39, 0.29) is 29.6 Å². The van der Waals surface area contributed by atoms with Crippen molar-refractivity contribution in [2.75, 3.05) is 37.0 Å². The van der Waals surface area contributed by atoms with Gasteiger partial charge in [0.25, 0.3) is 5.91 Å². The van der Waals surface area contributed by atoms with Crippen LogP contribution < -0.4 is 20.3 Å². The van der Waals surface area contributed by atoms with E-state index in [2.05, 4.69) is 20.5 Å². The SMILES string of the molecule is COc1ccc2cn(C3CCN(Cc4ccc(N5CCC(=O)NC5=O)nc4)CC3)nc2c1NC(=O)c1cccc(C(F)(F)F)c1. The molecule has 0 aliphatic carbocycles. The molecular formula is C31H30F3N7O4. The van der Waals surface area contributed by atoms with E-state index >= 15 is 0 Å². The van der Waals surface area contributed by atoms with Crippen molar-refractivity contribution in [3.63, 3.8) is 0 Å². The van der Waals surface area contributed by atoms with Crippen molar-refractivity contribution in [1.29, 1.82) is 0 Å². The van der Waals surface area contributed by atoms with E-state index < -0.39 is 23.7 Å². The number of aromatic nitrogens is 3. The molecule has 0 radical (unpaired) electrons. The Balaban J connectivity index is 1.11. The fraction of sp³-hybridized carbons (Fsp3) is 0.323. The number of imide groups is 1. The molecule has 2 aromatic heterocycles. The second-order valence-corrected chi connectivity index (χ2v) is 11.0. The van der Waals surface area contributed by atoms with Gasteiger partial charge in [0.2, 0.25) is 5.91 Å². The summed E-state index contributed by atoms with van der Waals surface area (Å²) in [5.41, 5.74) is 0.737. The normalized spacial score (nSPS) is 16.6. The zero-order valence-electron chi connectivity index (χ0n) is 24.3. The topological polar surface area (TPSA) is 122 Å². The lowest BCUT2D eigenvalue weighted by Gasteiger charge is -2.32. The van der Waals surface area contributed by atoms with Crippen LogP contribution in [0.25, 0.3) is 10.9 Å². The summed E-state index contributed by atoms with van der Waals surface area (Å²) in [6.45, 7) is 2.60. The summed E-state index contributed by atoms with van der Waals surface area (Å²) in [4.78, 5) is 44.7. The molecule has 0 spiro atoms. The number of likely N-dealkylation sites (tertiary alicyclic amines) is 1. The molecule has 11 nitrogen and oxygen atoms in total. The molecule has 45 heavy (non-hydrogen) atoms. The molecule has 2 aliphatic rings. The molecule has 2 aliphatic heterocycles. The third-order valence-corrected chi connectivity index (χ3v) is 8.05. The molecule has 0 saturated carbocycles. The van der Waals surface area contributed by atoms with Gasteiger partial charge in [0.1, 0.15) is 22.8 Å². The Bertz CT molecular complexity index is 1750. The number of fused-ring (bicyclic) bond motifs is 1. The van der Waals surface area contributed by atoms with Crippen molar-refractivity contribution in [2.24, 2.45) is 0 Å². The van der Waals surface area contributed by atoms with Crippen molar-refractivity contribution in [3.05, 3.63) is 77.6 Å². The van der Waals surface area contributed by atoms with E-state index in [1.54, 1.807) is 18.3 Å². The van der Waals surface area contributed by atoms with Crippen LogP contribution in [0.15, 0.2) is 60.9 Å². The van der Waals surface area contributed by atoms with Crippen molar-refractivity contribution >= 4 is 40.3 Å². The summed E-state index contributed by atoms with van der Waals surface area (Å²) in [7, 11) is 1.45. The van der Waals surface area contributed by atoms with Gasteiger partial charge in [0.15, 0.2) is 0 Å². The maximum absolute atomic E-state index is 13.2. The number of ether oxygens (including phenoxy) is 1. The summed E-state index contributed by atoms with van der Waals surface area (Å²) in [6, 6.07) is 11.1. The fourth-order valence-electron chi connectivity index (χ4n) is 5.64. The zero-order valence-corrected chi connectivity index (χ0v) is 24.3. The van der Waals surface area contributed by atoms with Gasteiger partial charge in [-0.3, -0.25) is 29.4 Å². The second kappa shape index (κ2) is 12.2. The number of rotatable bonds is 7. The number of methoxy groups -OCH3 is 1. The third kappa shape index (κ3) is 6.45.